The number of ether oxygens (including phenoxy) is 6. The van der Waals surface area contributed by atoms with E-state index in [1.54, 1.807) is 27.7 Å². The van der Waals surface area contributed by atoms with Crippen molar-refractivity contribution in [2.75, 3.05) is 13.2 Å². The Labute approximate surface area is 219 Å². The van der Waals surface area contributed by atoms with Crippen LogP contribution in [0.4, 0.5) is 8.78 Å². The molecule has 4 bridgehead atoms. The van der Waals surface area contributed by atoms with Gasteiger partial charge in [0.15, 0.2) is 17.7 Å². The normalized spacial score (nSPS) is 40.2. The van der Waals surface area contributed by atoms with E-state index in [0.29, 0.717) is 12.8 Å². The van der Waals surface area contributed by atoms with Crippen molar-refractivity contribution in [1.82, 2.24) is 0 Å². The van der Waals surface area contributed by atoms with Crippen LogP contribution in [0.5, 0.6) is 0 Å². The summed E-state index contributed by atoms with van der Waals surface area (Å²) in [5.41, 5.74) is -2.59. The summed E-state index contributed by atoms with van der Waals surface area (Å²) < 4.78 is 93.7. The lowest BCUT2D eigenvalue weighted by molar-refractivity contribution is -0.230. The van der Waals surface area contributed by atoms with E-state index in [2.05, 4.69) is 0 Å². The van der Waals surface area contributed by atoms with Crippen LogP contribution < -0.4 is 0 Å². The van der Waals surface area contributed by atoms with Gasteiger partial charge in [-0.2, -0.15) is 17.2 Å². The van der Waals surface area contributed by atoms with Gasteiger partial charge < -0.3 is 28.4 Å². The molecule has 1 N–H and O–H groups in total. The van der Waals surface area contributed by atoms with Crippen molar-refractivity contribution in [3.8, 4) is 0 Å². The van der Waals surface area contributed by atoms with Gasteiger partial charge in [0.25, 0.3) is 0 Å². The van der Waals surface area contributed by atoms with Crippen LogP contribution in [0, 0.1) is 17.3 Å². The van der Waals surface area contributed by atoms with Crippen molar-refractivity contribution in [3.05, 3.63) is 0 Å². The molecule has 14 heteroatoms. The minimum absolute atomic E-state index is 0.0904. The first-order chi connectivity index (χ1) is 17.3. The zero-order chi connectivity index (χ0) is 27.9. The summed E-state index contributed by atoms with van der Waals surface area (Å²) in [6, 6.07) is 0. The second-order valence-corrected chi connectivity index (χ2v) is 13.9. The number of halogens is 2. The molecule has 0 radical (unpaired) electrons. The second kappa shape index (κ2) is 8.77. The predicted molar refractivity (Wildman–Crippen MR) is 122 cm³/mol. The summed E-state index contributed by atoms with van der Waals surface area (Å²) in [5.74, 6) is -4.95. The Bertz CT molecular complexity index is 1060. The van der Waals surface area contributed by atoms with Gasteiger partial charge in [0.2, 0.25) is 0 Å². The van der Waals surface area contributed by atoms with E-state index in [9.17, 15) is 26.8 Å². The number of rotatable bonds is 7. The molecule has 0 spiro atoms. The average molecular weight is 569 g/mol. The Morgan fingerprint density at radius 1 is 0.947 bits per heavy atom. The van der Waals surface area contributed by atoms with Crippen LogP contribution in [-0.2, 0) is 48.1 Å². The van der Waals surface area contributed by atoms with Crippen molar-refractivity contribution in [2.24, 2.45) is 17.3 Å². The van der Waals surface area contributed by atoms with Crippen LogP contribution in [0.15, 0.2) is 0 Å². The molecule has 0 aromatic rings. The molecule has 6 aliphatic rings. The highest BCUT2D eigenvalue weighted by molar-refractivity contribution is 7.87. The minimum Gasteiger partial charge on any atom is -0.456 e. The summed E-state index contributed by atoms with van der Waals surface area (Å²) >= 11 is 0. The van der Waals surface area contributed by atoms with Gasteiger partial charge in [-0.3, -0.25) is 9.35 Å². The summed E-state index contributed by atoms with van der Waals surface area (Å²) in [7, 11) is -6.02. The van der Waals surface area contributed by atoms with Crippen molar-refractivity contribution < 1.29 is 59.8 Å². The molecule has 4 unspecified atom stereocenters. The standard InChI is InChI=1S/C24H34F2O11S/c1-20(2)32-10-15(35-20)17(16-11-33-21(3,4)36-16)34-18(27)22-6-13-5-14(7-22)9-23(8-13,12-22)37-19(28)24(25,26)38(29,30)31/h13-17H,5-12H2,1-4H3,(H,29,30,31). The fourth-order valence-electron chi connectivity index (χ4n) is 7.29. The summed E-state index contributed by atoms with van der Waals surface area (Å²) in [6.45, 7) is 7.25. The second-order valence-electron chi connectivity index (χ2n) is 12.4. The first-order valence-electron chi connectivity index (χ1n) is 12.8. The van der Waals surface area contributed by atoms with Gasteiger partial charge >= 0.3 is 27.3 Å². The van der Waals surface area contributed by atoms with Crippen molar-refractivity contribution in [2.45, 2.75) is 107 Å². The number of esters is 2. The third-order valence-electron chi connectivity index (χ3n) is 8.35. The van der Waals surface area contributed by atoms with E-state index < -0.39 is 68.2 Å². The first kappa shape index (κ1) is 28.1. The Hall–Kier alpha value is -1.45. The van der Waals surface area contributed by atoms with Crippen LogP contribution in [0.2, 0.25) is 0 Å². The average Bonchev–Trinajstić information content (AvgIpc) is 3.30. The minimum atomic E-state index is -6.02. The molecule has 11 nitrogen and oxygen atoms in total. The van der Waals surface area contributed by atoms with E-state index in [4.69, 9.17) is 33.0 Å². The molecule has 38 heavy (non-hydrogen) atoms. The van der Waals surface area contributed by atoms with E-state index in [0.717, 1.165) is 6.42 Å². The Morgan fingerprint density at radius 3 is 1.87 bits per heavy atom. The Morgan fingerprint density at radius 2 is 1.45 bits per heavy atom. The first-order valence-corrected chi connectivity index (χ1v) is 14.2. The molecule has 6 fully saturated rings. The highest BCUT2D eigenvalue weighted by atomic mass is 32.2. The third-order valence-corrected chi connectivity index (χ3v) is 9.16. The smallest absolute Gasteiger partial charge is 0.456 e. The number of carbonyl (C=O) groups excluding carboxylic acids is 2. The number of hydrogen-bond donors (Lipinski definition) is 1. The molecule has 4 aliphatic carbocycles. The molecular formula is C24H34F2O11S. The van der Waals surface area contributed by atoms with Crippen LogP contribution in [0.1, 0.15) is 66.2 Å². The Kier molecular flexibility index (Phi) is 6.49. The SMILES string of the molecule is CC1(C)OCC(C(OC(=O)C23CC4CC(CC(OC(=O)C(F)(F)S(=O)(=O)O)(C4)C2)C3)C2COC(C)(C)O2)O1. The molecule has 4 atom stereocenters. The zero-order valence-corrected chi connectivity index (χ0v) is 22.6. The molecule has 0 amide bonds. The number of carbonyl (C=O) groups is 2. The topological polar surface area (TPSA) is 144 Å². The third kappa shape index (κ3) is 4.96. The van der Waals surface area contributed by atoms with Gasteiger partial charge in [-0.15, -0.1) is 0 Å². The quantitative estimate of drug-likeness (QED) is 0.357. The van der Waals surface area contributed by atoms with Gasteiger partial charge in [-0.25, -0.2) is 4.79 Å². The van der Waals surface area contributed by atoms with Crippen LogP contribution in [0.3, 0.4) is 0 Å². The van der Waals surface area contributed by atoms with Crippen LogP contribution in [-0.4, -0.2) is 78.9 Å². The maximum Gasteiger partial charge on any atom is 0.465 e. The molecule has 2 saturated heterocycles. The fraction of sp³-hybridized carbons (Fsp3) is 0.917. The highest BCUT2D eigenvalue weighted by Gasteiger charge is 2.66. The molecule has 6 rings (SSSR count). The number of hydrogen-bond acceptors (Lipinski definition) is 10. The van der Waals surface area contributed by atoms with Gasteiger partial charge in [-0.05, 0) is 71.6 Å². The largest absolute Gasteiger partial charge is 0.465 e. The fourth-order valence-corrected chi connectivity index (χ4v) is 7.54. The lowest BCUT2D eigenvalue weighted by atomic mass is 9.48. The monoisotopic (exact) mass is 568 g/mol. The van der Waals surface area contributed by atoms with E-state index in [1.807, 2.05) is 0 Å². The molecule has 0 aromatic heterocycles. The molecule has 2 aliphatic heterocycles. The van der Waals surface area contributed by atoms with Gasteiger partial charge in [0.05, 0.1) is 18.6 Å². The molecule has 2 heterocycles. The molecular weight excluding hydrogens is 534 g/mol. The lowest BCUT2D eigenvalue weighted by Crippen LogP contribution is -2.61. The maximum atomic E-state index is 14.1. The highest BCUT2D eigenvalue weighted by Crippen LogP contribution is 2.63. The van der Waals surface area contributed by atoms with Gasteiger partial charge in [0, 0.05) is 6.42 Å². The van der Waals surface area contributed by atoms with Crippen molar-refractivity contribution >= 4 is 22.1 Å². The number of alkyl halides is 2. The van der Waals surface area contributed by atoms with E-state index >= 15 is 0 Å². The van der Waals surface area contributed by atoms with Gasteiger partial charge in [0.1, 0.15) is 17.8 Å². The van der Waals surface area contributed by atoms with Crippen molar-refractivity contribution in [1.29, 1.82) is 0 Å². The summed E-state index contributed by atoms with van der Waals surface area (Å²) in [6.07, 6.45) is -0.264. The maximum absolute atomic E-state index is 14.1. The van der Waals surface area contributed by atoms with Crippen LogP contribution in [0.25, 0.3) is 0 Å². The lowest BCUT2D eigenvalue weighted by Gasteiger charge is -2.60. The Balaban J connectivity index is 1.38. The van der Waals surface area contributed by atoms with E-state index in [1.165, 1.54) is 0 Å². The summed E-state index contributed by atoms with van der Waals surface area (Å²) in [5, 5.41) is -5.12. The molecule has 216 valence electrons. The van der Waals surface area contributed by atoms with E-state index in [-0.39, 0.29) is 44.3 Å². The van der Waals surface area contributed by atoms with Gasteiger partial charge in [-0.1, -0.05) is 0 Å². The zero-order valence-electron chi connectivity index (χ0n) is 21.7. The van der Waals surface area contributed by atoms with Crippen LogP contribution >= 0.6 is 0 Å². The van der Waals surface area contributed by atoms with Crippen molar-refractivity contribution in [3.63, 3.8) is 0 Å². The molecule has 0 aromatic carbocycles. The molecule has 4 saturated carbocycles. The predicted octanol–water partition coefficient (Wildman–Crippen LogP) is 2.56. The summed E-state index contributed by atoms with van der Waals surface area (Å²) in [4.78, 5) is 26.1.